The Morgan fingerprint density at radius 3 is 2.47 bits per heavy atom. The van der Waals surface area contributed by atoms with Crippen LogP contribution < -0.4 is 10.6 Å². The Morgan fingerprint density at radius 1 is 0.938 bits per heavy atom. The number of thiophene rings is 1. The van der Waals surface area contributed by atoms with Crippen molar-refractivity contribution in [3.05, 3.63) is 71.1 Å². The summed E-state index contributed by atoms with van der Waals surface area (Å²) in [6.45, 7) is 3.79. The van der Waals surface area contributed by atoms with Gasteiger partial charge < -0.3 is 10.6 Å². The van der Waals surface area contributed by atoms with Gasteiger partial charge in [0.1, 0.15) is 5.03 Å². The van der Waals surface area contributed by atoms with Crippen LogP contribution in [0.25, 0.3) is 21.6 Å². The predicted molar refractivity (Wildman–Crippen MR) is 131 cm³/mol. The fraction of sp³-hybridized carbons (Fsp3) is 0.167. The number of thioether (sulfide) groups is 1. The Bertz CT molecular complexity index is 1250. The molecule has 6 nitrogen and oxygen atoms in total. The third-order valence-corrected chi connectivity index (χ3v) is 6.70. The highest BCUT2D eigenvalue weighted by atomic mass is 32.2. The number of anilines is 1. The maximum Gasteiger partial charge on any atom is 0.243 e. The van der Waals surface area contributed by atoms with Gasteiger partial charge in [0.15, 0.2) is 5.82 Å². The lowest BCUT2D eigenvalue weighted by Gasteiger charge is -2.12. The van der Waals surface area contributed by atoms with Crippen LogP contribution in [-0.4, -0.2) is 34.1 Å². The summed E-state index contributed by atoms with van der Waals surface area (Å²) in [6, 6.07) is 17.5. The van der Waals surface area contributed by atoms with Crippen molar-refractivity contribution in [3.8, 4) is 10.7 Å². The van der Waals surface area contributed by atoms with E-state index < -0.39 is 0 Å². The molecule has 0 bridgehead atoms. The van der Waals surface area contributed by atoms with E-state index in [0.29, 0.717) is 5.82 Å². The van der Waals surface area contributed by atoms with E-state index in [1.165, 1.54) is 11.8 Å². The van der Waals surface area contributed by atoms with Gasteiger partial charge in [0.2, 0.25) is 11.8 Å². The third-order valence-electron chi connectivity index (χ3n) is 4.84. The number of hydrogen-bond acceptors (Lipinski definition) is 6. The van der Waals surface area contributed by atoms with Crippen LogP contribution in [0.15, 0.2) is 65.0 Å². The van der Waals surface area contributed by atoms with Crippen LogP contribution in [0.3, 0.4) is 0 Å². The van der Waals surface area contributed by atoms with Gasteiger partial charge in [-0.25, -0.2) is 9.97 Å². The second kappa shape index (κ2) is 9.93. The minimum atomic E-state index is -0.256. The summed E-state index contributed by atoms with van der Waals surface area (Å²) in [5.41, 5.74) is 3.59. The number of nitrogens with zero attached hydrogens (tertiary/aromatic N) is 2. The van der Waals surface area contributed by atoms with Crippen molar-refractivity contribution in [2.75, 3.05) is 17.6 Å². The van der Waals surface area contributed by atoms with E-state index in [4.69, 9.17) is 0 Å². The number of fused-ring (bicyclic) bond motifs is 1. The van der Waals surface area contributed by atoms with Crippen molar-refractivity contribution in [1.82, 2.24) is 15.3 Å². The number of nitrogens with one attached hydrogen (secondary N) is 2. The molecule has 0 saturated heterocycles. The first-order valence-electron chi connectivity index (χ1n) is 10.1. The molecule has 2 amide bonds. The van der Waals surface area contributed by atoms with Gasteiger partial charge in [-0.1, -0.05) is 54.2 Å². The largest absolute Gasteiger partial charge is 0.346 e. The van der Waals surface area contributed by atoms with Crippen molar-refractivity contribution >= 4 is 51.5 Å². The molecule has 0 fully saturated rings. The first-order valence-corrected chi connectivity index (χ1v) is 11.9. The van der Waals surface area contributed by atoms with E-state index in [2.05, 4.69) is 20.6 Å². The summed E-state index contributed by atoms with van der Waals surface area (Å²) in [7, 11) is 0. The quantitative estimate of drug-likeness (QED) is 0.304. The molecule has 0 spiro atoms. The SMILES string of the molecule is Cc1cccc(C)c1NC(=O)CNC(=O)CSc1nc(-c2cccs2)nc2ccccc12. The number of rotatable bonds is 7. The minimum absolute atomic E-state index is 0.0852. The van der Waals surface area contributed by atoms with Crippen molar-refractivity contribution < 1.29 is 9.59 Å². The van der Waals surface area contributed by atoms with Gasteiger partial charge in [-0.05, 0) is 42.5 Å². The monoisotopic (exact) mass is 462 g/mol. The van der Waals surface area contributed by atoms with Crippen LogP contribution in [0.2, 0.25) is 0 Å². The smallest absolute Gasteiger partial charge is 0.243 e. The molecule has 0 atom stereocenters. The molecule has 0 radical (unpaired) electrons. The molecule has 2 aromatic carbocycles. The number of hydrogen-bond donors (Lipinski definition) is 2. The molecular weight excluding hydrogens is 440 g/mol. The van der Waals surface area contributed by atoms with Gasteiger partial charge in [0.05, 0.1) is 22.7 Å². The Balaban J connectivity index is 1.39. The lowest BCUT2D eigenvalue weighted by atomic mass is 10.1. The first-order chi connectivity index (χ1) is 15.5. The van der Waals surface area contributed by atoms with Crippen molar-refractivity contribution in [3.63, 3.8) is 0 Å². The Morgan fingerprint density at radius 2 is 1.72 bits per heavy atom. The van der Waals surface area contributed by atoms with Crippen LogP contribution in [0.4, 0.5) is 5.69 Å². The van der Waals surface area contributed by atoms with Crippen LogP contribution in [0, 0.1) is 13.8 Å². The molecule has 0 aliphatic carbocycles. The molecule has 4 aromatic rings. The van der Waals surface area contributed by atoms with E-state index in [9.17, 15) is 9.59 Å². The zero-order chi connectivity index (χ0) is 22.5. The topological polar surface area (TPSA) is 84.0 Å². The fourth-order valence-corrected chi connectivity index (χ4v) is 4.74. The molecular formula is C24H22N4O2S2. The lowest BCUT2D eigenvalue weighted by molar-refractivity contribution is -0.122. The molecule has 0 unspecified atom stereocenters. The molecule has 2 N–H and O–H groups in total. The second-order valence-electron chi connectivity index (χ2n) is 7.23. The predicted octanol–water partition coefficient (Wildman–Crippen LogP) is 4.82. The number of amides is 2. The highest BCUT2D eigenvalue weighted by molar-refractivity contribution is 8.00. The van der Waals surface area contributed by atoms with Gasteiger partial charge in [-0.15, -0.1) is 11.3 Å². The number of aromatic nitrogens is 2. The number of benzene rings is 2. The van der Waals surface area contributed by atoms with Gasteiger partial charge >= 0.3 is 0 Å². The molecule has 0 saturated carbocycles. The maximum absolute atomic E-state index is 12.4. The van der Waals surface area contributed by atoms with Gasteiger partial charge in [-0.3, -0.25) is 9.59 Å². The summed E-state index contributed by atoms with van der Waals surface area (Å²) >= 11 is 2.91. The van der Waals surface area contributed by atoms with Crippen molar-refractivity contribution in [2.24, 2.45) is 0 Å². The average molecular weight is 463 g/mol. The van der Waals surface area contributed by atoms with E-state index >= 15 is 0 Å². The van der Waals surface area contributed by atoms with E-state index in [1.54, 1.807) is 11.3 Å². The zero-order valence-corrected chi connectivity index (χ0v) is 19.3. The lowest BCUT2D eigenvalue weighted by Crippen LogP contribution is -2.34. The van der Waals surface area contributed by atoms with Crippen LogP contribution in [-0.2, 0) is 9.59 Å². The molecule has 2 heterocycles. The minimum Gasteiger partial charge on any atom is -0.346 e. The molecule has 2 aromatic heterocycles. The van der Waals surface area contributed by atoms with E-state index in [-0.39, 0.29) is 24.1 Å². The normalized spacial score (nSPS) is 10.8. The summed E-state index contributed by atoms with van der Waals surface area (Å²) in [5, 5.41) is 9.19. The van der Waals surface area contributed by atoms with Gasteiger partial charge in [-0.2, -0.15) is 0 Å². The maximum atomic E-state index is 12.4. The van der Waals surface area contributed by atoms with E-state index in [0.717, 1.165) is 37.6 Å². The molecule has 0 aliphatic heterocycles. The summed E-state index contributed by atoms with van der Waals surface area (Å²) in [6.07, 6.45) is 0. The zero-order valence-electron chi connectivity index (χ0n) is 17.7. The summed E-state index contributed by atoms with van der Waals surface area (Å²) in [5.74, 6) is 0.316. The second-order valence-corrected chi connectivity index (χ2v) is 9.14. The van der Waals surface area contributed by atoms with Gasteiger partial charge in [0.25, 0.3) is 0 Å². The summed E-state index contributed by atoms with van der Waals surface area (Å²) in [4.78, 5) is 35.0. The van der Waals surface area contributed by atoms with Crippen LogP contribution in [0.5, 0.6) is 0 Å². The molecule has 8 heteroatoms. The Hall–Kier alpha value is -3.23. The number of aryl methyl sites for hydroxylation is 2. The Kier molecular flexibility index (Phi) is 6.82. The molecule has 32 heavy (non-hydrogen) atoms. The highest BCUT2D eigenvalue weighted by Crippen LogP contribution is 2.29. The summed E-state index contributed by atoms with van der Waals surface area (Å²) < 4.78 is 0. The van der Waals surface area contributed by atoms with E-state index in [1.807, 2.05) is 73.8 Å². The molecule has 0 aliphatic rings. The Labute approximate surface area is 194 Å². The van der Waals surface area contributed by atoms with Crippen molar-refractivity contribution in [2.45, 2.75) is 18.9 Å². The number of para-hydroxylation sites is 2. The number of carbonyl (C=O) groups is 2. The molecule has 162 valence electrons. The average Bonchev–Trinajstić information content (AvgIpc) is 3.33. The first kappa shape index (κ1) is 22.0. The van der Waals surface area contributed by atoms with Crippen molar-refractivity contribution in [1.29, 1.82) is 0 Å². The fourth-order valence-electron chi connectivity index (χ4n) is 3.23. The van der Waals surface area contributed by atoms with Crippen LogP contribution in [0.1, 0.15) is 11.1 Å². The highest BCUT2D eigenvalue weighted by Gasteiger charge is 2.13. The van der Waals surface area contributed by atoms with Crippen LogP contribution >= 0.6 is 23.1 Å². The standard InChI is InChI=1S/C24H22N4O2S2/c1-15-7-5-8-16(2)22(15)27-20(29)13-25-21(30)14-32-24-17-9-3-4-10-18(17)26-23(28-24)19-11-6-12-31-19/h3-12H,13-14H2,1-2H3,(H,25,30)(H,27,29). The number of carbonyl (C=O) groups excluding carboxylic acids is 2. The van der Waals surface area contributed by atoms with Gasteiger partial charge in [0, 0.05) is 11.1 Å². The third kappa shape index (κ3) is 5.15. The molecule has 4 rings (SSSR count).